The fraction of sp³-hybridized carbons (Fsp3) is 0.231. The molecule has 5 nitrogen and oxygen atoms in total. The third-order valence-corrected chi connectivity index (χ3v) is 3.14. The second kappa shape index (κ2) is 6.19. The van der Waals surface area contributed by atoms with E-state index in [4.69, 9.17) is 10.5 Å². The maximum atomic E-state index is 11.7. The average molecular weight is 277 g/mol. The number of ether oxygens (including phenoxy) is 1. The summed E-state index contributed by atoms with van der Waals surface area (Å²) in [4.78, 5) is 15.9. The van der Waals surface area contributed by atoms with Crippen LogP contribution in [0, 0.1) is 0 Å². The van der Waals surface area contributed by atoms with Crippen molar-refractivity contribution in [2.45, 2.75) is 13.5 Å². The molecule has 1 aromatic carbocycles. The van der Waals surface area contributed by atoms with Gasteiger partial charge in [-0.05, 0) is 25.1 Å². The SMILES string of the molecule is CCOC(=O)c1cc(NCc2cscn2)ccc1N. The van der Waals surface area contributed by atoms with Crippen LogP contribution >= 0.6 is 11.3 Å². The summed E-state index contributed by atoms with van der Waals surface area (Å²) in [6, 6.07) is 5.21. The number of hydrogen-bond donors (Lipinski definition) is 2. The Kier molecular flexibility index (Phi) is 4.35. The lowest BCUT2D eigenvalue weighted by Gasteiger charge is -2.09. The molecule has 0 radical (unpaired) electrons. The van der Waals surface area contributed by atoms with E-state index in [2.05, 4.69) is 10.3 Å². The molecule has 0 aliphatic heterocycles. The molecule has 0 bridgehead atoms. The highest BCUT2D eigenvalue weighted by atomic mass is 32.1. The number of nitrogen functional groups attached to an aromatic ring is 1. The van der Waals surface area contributed by atoms with Crippen LogP contribution in [-0.4, -0.2) is 17.6 Å². The standard InChI is InChI=1S/C13H15N3O2S/c1-2-18-13(17)11-5-9(3-4-12(11)14)15-6-10-7-19-8-16-10/h3-5,7-8,15H,2,6,14H2,1H3. The Morgan fingerprint density at radius 1 is 1.53 bits per heavy atom. The van der Waals surface area contributed by atoms with Gasteiger partial charge in [0.05, 0.1) is 29.9 Å². The largest absolute Gasteiger partial charge is 0.462 e. The van der Waals surface area contributed by atoms with E-state index in [0.29, 0.717) is 24.4 Å². The Bertz CT molecular complexity index is 555. The number of nitrogens with two attached hydrogens (primary N) is 1. The highest BCUT2D eigenvalue weighted by molar-refractivity contribution is 7.07. The quantitative estimate of drug-likeness (QED) is 0.648. The molecule has 1 heterocycles. The van der Waals surface area contributed by atoms with Crippen molar-refractivity contribution < 1.29 is 9.53 Å². The number of thiazole rings is 1. The van der Waals surface area contributed by atoms with Gasteiger partial charge in [-0.15, -0.1) is 11.3 Å². The first-order valence-corrected chi connectivity index (χ1v) is 6.82. The van der Waals surface area contributed by atoms with Crippen molar-refractivity contribution in [3.05, 3.63) is 40.3 Å². The maximum absolute atomic E-state index is 11.7. The topological polar surface area (TPSA) is 77.2 Å². The summed E-state index contributed by atoms with van der Waals surface area (Å²) >= 11 is 1.55. The molecule has 6 heteroatoms. The predicted molar refractivity (Wildman–Crippen MR) is 76.3 cm³/mol. The molecule has 0 fully saturated rings. The lowest BCUT2D eigenvalue weighted by molar-refractivity contribution is 0.0527. The van der Waals surface area contributed by atoms with Crippen molar-refractivity contribution in [2.75, 3.05) is 17.7 Å². The number of benzene rings is 1. The second-order valence-corrected chi connectivity index (χ2v) is 4.57. The van der Waals surface area contributed by atoms with Crippen LogP contribution in [0.2, 0.25) is 0 Å². The van der Waals surface area contributed by atoms with Crippen LogP contribution in [0.25, 0.3) is 0 Å². The van der Waals surface area contributed by atoms with E-state index in [1.807, 2.05) is 11.4 Å². The summed E-state index contributed by atoms with van der Waals surface area (Å²) in [5.41, 5.74) is 10.1. The van der Waals surface area contributed by atoms with Gasteiger partial charge in [-0.3, -0.25) is 0 Å². The van der Waals surface area contributed by atoms with Gasteiger partial charge in [0.2, 0.25) is 0 Å². The van der Waals surface area contributed by atoms with Gasteiger partial charge in [-0.1, -0.05) is 0 Å². The van der Waals surface area contributed by atoms with Crippen LogP contribution in [0.15, 0.2) is 29.1 Å². The van der Waals surface area contributed by atoms with Crippen molar-refractivity contribution in [3.8, 4) is 0 Å². The number of hydrogen-bond acceptors (Lipinski definition) is 6. The minimum absolute atomic E-state index is 0.328. The molecule has 0 unspecified atom stereocenters. The molecule has 0 aliphatic rings. The molecular formula is C13H15N3O2S. The van der Waals surface area contributed by atoms with Crippen molar-refractivity contribution >= 4 is 28.7 Å². The van der Waals surface area contributed by atoms with Crippen LogP contribution in [0.3, 0.4) is 0 Å². The van der Waals surface area contributed by atoms with Crippen LogP contribution in [-0.2, 0) is 11.3 Å². The van der Waals surface area contributed by atoms with Gasteiger partial charge in [0.1, 0.15) is 0 Å². The smallest absolute Gasteiger partial charge is 0.340 e. The highest BCUT2D eigenvalue weighted by Crippen LogP contribution is 2.19. The zero-order valence-corrected chi connectivity index (χ0v) is 11.4. The number of nitrogens with zero attached hydrogens (tertiary/aromatic N) is 1. The zero-order chi connectivity index (χ0) is 13.7. The first-order valence-electron chi connectivity index (χ1n) is 5.88. The first kappa shape index (κ1) is 13.4. The van der Waals surface area contributed by atoms with Crippen LogP contribution in [0.1, 0.15) is 23.0 Å². The average Bonchev–Trinajstić information content (AvgIpc) is 2.91. The minimum Gasteiger partial charge on any atom is -0.462 e. The van der Waals surface area contributed by atoms with E-state index < -0.39 is 5.97 Å². The van der Waals surface area contributed by atoms with Crippen molar-refractivity contribution in [3.63, 3.8) is 0 Å². The molecule has 0 amide bonds. The molecule has 100 valence electrons. The van der Waals surface area contributed by atoms with Crippen LogP contribution in [0.5, 0.6) is 0 Å². The summed E-state index contributed by atoms with van der Waals surface area (Å²) in [6.45, 7) is 2.70. The number of carbonyl (C=O) groups is 1. The van der Waals surface area contributed by atoms with E-state index in [1.165, 1.54) is 0 Å². The zero-order valence-electron chi connectivity index (χ0n) is 10.6. The van der Waals surface area contributed by atoms with E-state index in [1.54, 1.807) is 35.9 Å². The number of aromatic nitrogens is 1. The fourth-order valence-electron chi connectivity index (χ4n) is 1.57. The Hall–Kier alpha value is -2.08. The Balaban J connectivity index is 2.09. The van der Waals surface area contributed by atoms with Crippen molar-refractivity contribution in [1.82, 2.24) is 4.98 Å². The van der Waals surface area contributed by atoms with Crippen LogP contribution < -0.4 is 11.1 Å². The lowest BCUT2D eigenvalue weighted by Crippen LogP contribution is -2.09. The third-order valence-electron chi connectivity index (χ3n) is 2.51. The molecule has 3 N–H and O–H groups in total. The van der Waals surface area contributed by atoms with Gasteiger partial charge in [0.25, 0.3) is 0 Å². The monoisotopic (exact) mass is 277 g/mol. The molecule has 0 atom stereocenters. The van der Waals surface area contributed by atoms with Gasteiger partial charge in [0.15, 0.2) is 0 Å². The molecule has 0 saturated carbocycles. The summed E-state index contributed by atoms with van der Waals surface area (Å²) in [7, 11) is 0. The van der Waals surface area contributed by atoms with E-state index in [-0.39, 0.29) is 0 Å². The molecule has 0 aliphatic carbocycles. The molecule has 19 heavy (non-hydrogen) atoms. The predicted octanol–water partition coefficient (Wildman–Crippen LogP) is 2.51. The van der Waals surface area contributed by atoms with E-state index in [0.717, 1.165) is 11.4 Å². The lowest BCUT2D eigenvalue weighted by atomic mass is 10.1. The summed E-state index contributed by atoms with van der Waals surface area (Å²) < 4.78 is 4.96. The molecule has 2 aromatic rings. The summed E-state index contributed by atoms with van der Waals surface area (Å²) in [5.74, 6) is -0.405. The van der Waals surface area contributed by atoms with Gasteiger partial charge in [-0.2, -0.15) is 0 Å². The third kappa shape index (κ3) is 3.45. The molecular weight excluding hydrogens is 262 g/mol. The number of esters is 1. The Morgan fingerprint density at radius 3 is 3.05 bits per heavy atom. The molecule has 0 saturated heterocycles. The van der Waals surface area contributed by atoms with E-state index >= 15 is 0 Å². The molecule has 0 spiro atoms. The first-order chi connectivity index (χ1) is 9.20. The highest BCUT2D eigenvalue weighted by Gasteiger charge is 2.11. The fourth-order valence-corrected chi connectivity index (χ4v) is 2.13. The van der Waals surface area contributed by atoms with Crippen LogP contribution in [0.4, 0.5) is 11.4 Å². The van der Waals surface area contributed by atoms with Crippen molar-refractivity contribution in [2.24, 2.45) is 0 Å². The van der Waals surface area contributed by atoms with E-state index in [9.17, 15) is 4.79 Å². The maximum Gasteiger partial charge on any atom is 0.340 e. The van der Waals surface area contributed by atoms with Gasteiger partial charge < -0.3 is 15.8 Å². The molecule has 1 aromatic heterocycles. The normalized spacial score (nSPS) is 10.2. The number of anilines is 2. The van der Waals surface area contributed by atoms with Gasteiger partial charge in [-0.25, -0.2) is 9.78 Å². The second-order valence-electron chi connectivity index (χ2n) is 3.86. The van der Waals surface area contributed by atoms with Gasteiger partial charge >= 0.3 is 5.97 Å². The Morgan fingerprint density at radius 2 is 2.37 bits per heavy atom. The van der Waals surface area contributed by atoms with Gasteiger partial charge in [0, 0.05) is 16.8 Å². The number of nitrogens with one attached hydrogen (secondary N) is 1. The summed E-state index contributed by atoms with van der Waals surface area (Å²) in [6.07, 6.45) is 0. The summed E-state index contributed by atoms with van der Waals surface area (Å²) in [5, 5.41) is 5.16. The number of carbonyl (C=O) groups excluding carboxylic acids is 1. The molecule has 2 rings (SSSR count). The number of rotatable bonds is 5. The Labute approximate surface area is 115 Å². The van der Waals surface area contributed by atoms with Crippen molar-refractivity contribution in [1.29, 1.82) is 0 Å². The minimum atomic E-state index is -0.405.